The Balaban J connectivity index is 1.32. The summed E-state index contributed by atoms with van der Waals surface area (Å²) in [4.78, 5) is 13.6. The van der Waals surface area contributed by atoms with Crippen LogP contribution in [-0.2, 0) is 21.9 Å². The van der Waals surface area contributed by atoms with E-state index in [2.05, 4.69) is 16.9 Å². The van der Waals surface area contributed by atoms with Crippen molar-refractivity contribution in [1.82, 2.24) is 0 Å². The van der Waals surface area contributed by atoms with Crippen molar-refractivity contribution in [1.29, 1.82) is 0 Å². The average Bonchev–Trinajstić information content (AvgIpc) is 3.84. The summed E-state index contributed by atoms with van der Waals surface area (Å²) < 4.78 is 34.3. The fraction of sp³-hybridized carbons (Fsp3) is 0.258. The number of anilines is 1. The lowest BCUT2D eigenvalue weighted by Crippen LogP contribution is -2.20. The molecule has 2 aliphatic carbocycles. The van der Waals surface area contributed by atoms with Crippen molar-refractivity contribution in [2.24, 2.45) is 5.92 Å². The Morgan fingerprint density at radius 2 is 1.61 bits per heavy atom. The second-order valence-corrected chi connectivity index (χ2v) is 12.2. The third-order valence-corrected chi connectivity index (χ3v) is 9.08. The largest absolute Gasteiger partial charge is 0.507 e. The molecule has 0 saturated heterocycles. The minimum atomic E-state index is -3.76. The first kappa shape index (κ1) is 24.5. The maximum absolute atomic E-state index is 13.4. The van der Waals surface area contributed by atoms with Crippen LogP contribution >= 0.6 is 0 Å². The number of hydrogen-bond donors (Lipinski definition) is 2. The van der Waals surface area contributed by atoms with Crippen LogP contribution in [0.5, 0.6) is 5.75 Å². The second-order valence-electron chi connectivity index (χ2n) is 10.5. The zero-order valence-electron chi connectivity index (χ0n) is 20.8. The predicted molar refractivity (Wildman–Crippen MR) is 146 cm³/mol. The van der Waals surface area contributed by atoms with E-state index in [1.807, 2.05) is 24.3 Å². The molecular formula is C31H29NO5S. The Bertz CT molecular complexity index is 1620. The van der Waals surface area contributed by atoms with Gasteiger partial charge in [0.2, 0.25) is 0 Å². The average molecular weight is 528 g/mol. The molecule has 6 nitrogen and oxygen atoms in total. The van der Waals surface area contributed by atoms with Gasteiger partial charge in [-0.15, -0.1) is 0 Å². The Morgan fingerprint density at radius 3 is 2.24 bits per heavy atom. The summed E-state index contributed by atoms with van der Waals surface area (Å²) in [5, 5.41) is 11.2. The first-order chi connectivity index (χ1) is 18.3. The molecule has 0 aliphatic heterocycles. The number of nitrogens with one attached hydrogen (secondary N) is 1. The van der Waals surface area contributed by atoms with Gasteiger partial charge in [0.15, 0.2) is 0 Å². The zero-order valence-corrected chi connectivity index (χ0v) is 21.7. The van der Waals surface area contributed by atoms with Gasteiger partial charge >= 0.3 is 5.63 Å². The molecule has 1 heterocycles. The van der Waals surface area contributed by atoms with Crippen LogP contribution in [0.4, 0.5) is 5.69 Å². The highest BCUT2D eigenvalue weighted by atomic mass is 32.2. The van der Waals surface area contributed by atoms with Gasteiger partial charge in [-0.25, -0.2) is 13.2 Å². The summed E-state index contributed by atoms with van der Waals surface area (Å²) in [6.45, 7) is 0. The molecule has 2 aliphatic rings. The zero-order chi connectivity index (χ0) is 26.3. The molecule has 1 atom stereocenters. The van der Waals surface area contributed by atoms with E-state index in [4.69, 9.17) is 4.42 Å². The van der Waals surface area contributed by atoms with Gasteiger partial charge in [0.1, 0.15) is 11.5 Å². The van der Waals surface area contributed by atoms with Crippen LogP contribution in [0.1, 0.15) is 54.1 Å². The summed E-state index contributed by atoms with van der Waals surface area (Å²) in [7, 11) is -3.76. The highest BCUT2D eigenvalue weighted by Gasteiger charge is 2.48. The minimum absolute atomic E-state index is 0.0530. The van der Waals surface area contributed by atoms with Gasteiger partial charge in [0.05, 0.1) is 10.5 Å². The third kappa shape index (κ3) is 4.86. The van der Waals surface area contributed by atoms with E-state index in [0.29, 0.717) is 11.4 Å². The van der Waals surface area contributed by atoms with Crippen LogP contribution in [0, 0.1) is 5.92 Å². The topological polar surface area (TPSA) is 96.6 Å². The number of hydrogen-bond acceptors (Lipinski definition) is 5. The fourth-order valence-electron chi connectivity index (χ4n) is 5.40. The lowest BCUT2D eigenvalue weighted by Gasteiger charge is -2.20. The van der Waals surface area contributed by atoms with Crippen molar-refractivity contribution >= 4 is 15.7 Å². The van der Waals surface area contributed by atoms with Gasteiger partial charge in [-0.2, -0.15) is 0 Å². The van der Waals surface area contributed by atoms with E-state index >= 15 is 0 Å². The van der Waals surface area contributed by atoms with Crippen LogP contribution in [-0.4, -0.2) is 13.5 Å². The molecule has 194 valence electrons. The van der Waals surface area contributed by atoms with E-state index < -0.39 is 15.6 Å². The first-order valence-corrected chi connectivity index (χ1v) is 14.4. The lowest BCUT2D eigenvalue weighted by atomic mass is 9.86. The summed E-state index contributed by atoms with van der Waals surface area (Å²) >= 11 is 0. The van der Waals surface area contributed by atoms with Crippen LogP contribution < -0.4 is 10.3 Å². The molecule has 0 spiro atoms. The Labute approximate surface area is 222 Å². The van der Waals surface area contributed by atoms with E-state index in [-0.39, 0.29) is 33.5 Å². The van der Waals surface area contributed by atoms with Crippen molar-refractivity contribution in [3.63, 3.8) is 0 Å². The highest BCUT2D eigenvalue weighted by molar-refractivity contribution is 7.92. The monoisotopic (exact) mass is 527 g/mol. The van der Waals surface area contributed by atoms with Crippen molar-refractivity contribution in [2.75, 3.05) is 4.72 Å². The van der Waals surface area contributed by atoms with Gasteiger partial charge in [-0.05, 0) is 73.4 Å². The van der Waals surface area contributed by atoms with Crippen LogP contribution in [0.15, 0.2) is 105 Å². The number of benzene rings is 3. The number of rotatable bonds is 9. The predicted octanol–water partition coefficient (Wildman–Crippen LogP) is 5.96. The van der Waals surface area contributed by atoms with Gasteiger partial charge < -0.3 is 9.52 Å². The lowest BCUT2D eigenvalue weighted by molar-refractivity contribution is 0.376. The molecule has 38 heavy (non-hydrogen) atoms. The maximum atomic E-state index is 13.4. The molecule has 0 radical (unpaired) electrons. The quantitative estimate of drug-likeness (QED) is 0.280. The van der Waals surface area contributed by atoms with Crippen LogP contribution in [0.2, 0.25) is 0 Å². The van der Waals surface area contributed by atoms with Crippen molar-refractivity contribution in [3.05, 3.63) is 124 Å². The number of sulfonamides is 1. The van der Waals surface area contributed by atoms with E-state index in [1.165, 1.54) is 17.7 Å². The molecule has 4 aromatic rings. The van der Waals surface area contributed by atoms with Gasteiger partial charge in [0.25, 0.3) is 10.0 Å². The van der Waals surface area contributed by atoms with Crippen molar-refractivity contribution in [3.8, 4) is 5.75 Å². The molecule has 6 rings (SSSR count). The Kier molecular flexibility index (Phi) is 6.11. The summed E-state index contributed by atoms with van der Waals surface area (Å²) in [5.41, 5.74) is 1.79. The molecule has 1 unspecified atom stereocenters. The SMILES string of the molecule is O=c1oc(C2(Cc3ccccc3)CC2)cc(O)c1C(c1cccc(NS(=O)(=O)c2ccccc2)c1)C1CC1. The number of aromatic hydroxyl groups is 1. The molecule has 2 saturated carbocycles. The smallest absolute Gasteiger partial charge is 0.343 e. The second kappa shape index (κ2) is 9.48. The standard InChI is InChI=1S/C31H29NO5S/c33-26-19-27(31(16-17-31)20-21-8-3-1-4-9-21)37-30(34)29(26)28(22-14-15-22)23-10-7-11-24(18-23)32-38(35,36)25-12-5-2-6-13-25/h1-13,18-19,22,28,32-33H,14-17,20H2. The highest BCUT2D eigenvalue weighted by Crippen LogP contribution is 2.53. The summed E-state index contributed by atoms with van der Waals surface area (Å²) in [5.74, 6) is 0.273. The Hall–Kier alpha value is -3.84. The van der Waals surface area contributed by atoms with Crippen LogP contribution in [0.25, 0.3) is 0 Å². The molecule has 1 aromatic heterocycles. The minimum Gasteiger partial charge on any atom is -0.507 e. The maximum Gasteiger partial charge on any atom is 0.343 e. The van der Waals surface area contributed by atoms with Crippen LogP contribution in [0.3, 0.4) is 0 Å². The summed E-state index contributed by atoms with van der Waals surface area (Å²) in [6.07, 6.45) is 4.40. The third-order valence-electron chi connectivity index (χ3n) is 7.68. The van der Waals surface area contributed by atoms with E-state index in [9.17, 15) is 18.3 Å². The van der Waals surface area contributed by atoms with Crippen molar-refractivity contribution in [2.45, 2.75) is 48.3 Å². The molecule has 2 N–H and O–H groups in total. The van der Waals surface area contributed by atoms with Gasteiger partial charge in [-0.3, -0.25) is 4.72 Å². The first-order valence-electron chi connectivity index (χ1n) is 12.9. The molecule has 3 aromatic carbocycles. The van der Waals surface area contributed by atoms with E-state index in [1.54, 1.807) is 42.5 Å². The molecule has 7 heteroatoms. The normalized spacial score (nSPS) is 17.1. The van der Waals surface area contributed by atoms with Gasteiger partial charge in [0, 0.05) is 23.1 Å². The van der Waals surface area contributed by atoms with E-state index in [0.717, 1.165) is 37.7 Å². The molecule has 0 amide bonds. The fourth-order valence-corrected chi connectivity index (χ4v) is 6.47. The van der Waals surface area contributed by atoms with Crippen molar-refractivity contribution < 1.29 is 17.9 Å². The van der Waals surface area contributed by atoms with Gasteiger partial charge in [-0.1, -0.05) is 60.7 Å². The molecule has 0 bridgehead atoms. The molecular weight excluding hydrogens is 498 g/mol. The summed E-state index contributed by atoms with van der Waals surface area (Å²) in [6, 6.07) is 27.0. The molecule has 2 fully saturated rings. The Morgan fingerprint density at radius 1 is 0.921 bits per heavy atom.